The van der Waals surface area contributed by atoms with Gasteiger partial charge in [0.15, 0.2) is 0 Å². The van der Waals surface area contributed by atoms with Gasteiger partial charge in [0.1, 0.15) is 17.0 Å². The second-order valence-corrected chi connectivity index (χ2v) is 6.97. The zero-order chi connectivity index (χ0) is 17.7. The van der Waals surface area contributed by atoms with Crippen LogP contribution in [-0.4, -0.2) is 25.5 Å². The molecule has 3 aromatic rings. The molecule has 0 bridgehead atoms. The quantitative estimate of drug-likeness (QED) is 0.735. The molecule has 0 saturated carbocycles. The summed E-state index contributed by atoms with van der Waals surface area (Å²) in [6, 6.07) is 17.9. The number of sulfonamides is 1. The summed E-state index contributed by atoms with van der Waals surface area (Å²) in [7, 11) is -2.28. The molecule has 0 atom stereocenters. The van der Waals surface area contributed by atoms with Crippen molar-refractivity contribution < 1.29 is 13.2 Å². The molecule has 0 radical (unpaired) electrons. The fourth-order valence-electron chi connectivity index (χ4n) is 2.35. The standard InChI is InChI=1S/C18H17N3O3S/c1-24-17-9-5-6-10-18(17)25(22,23)21-12-15-11-16(20-13-19-15)14-7-3-2-4-8-14/h2-11,13,21H,12H2,1H3. The first-order chi connectivity index (χ1) is 12.1. The lowest BCUT2D eigenvalue weighted by Gasteiger charge is -2.10. The van der Waals surface area contributed by atoms with Crippen LogP contribution < -0.4 is 9.46 Å². The Balaban J connectivity index is 1.80. The molecule has 6 nitrogen and oxygen atoms in total. The van der Waals surface area contributed by atoms with E-state index >= 15 is 0 Å². The Hall–Kier alpha value is -2.77. The summed E-state index contributed by atoms with van der Waals surface area (Å²) in [6.45, 7) is 0.0583. The van der Waals surface area contributed by atoms with Crippen LogP contribution in [0.25, 0.3) is 11.3 Å². The summed E-state index contributed by atoms with van der Waals surface area (Å²) in [5, 5.41) is 0. The molecule has 0 spiro atoms. The fraction of sp³-hybridized carbons (Fsp3) is 0.111. The van der Waals surface area contributed by atoms with Gasteiger partial charge in [-0.05, 0) is 18.2 Å². The lowest BCUT2D eigenvalue weighted by atomic mass is 10.1. The minimum Gasteiger partial charge on any atom is -0.495 e. The molecule has 25 heavy (non-hydrogen) atoms. The van der Waals surface area contributed by atoms with Crippen molar-refractivity contribution in [3.05, 3.63) is 72.7 Å². The van der Waals surface area contributed by atoms with Crippen molar-refractivity contribution in [2.45, 2.75) is 11.4 Å². The SMILES string of the molecule is COc1ccccc1S(=O)(=O)NCc1cc(-c2ccccc2)ncn1. The maximum Gasteiger partial charge on any atom is 0.244 e. The van der Waals surface area contributed by atoms with Crippen molar-refractivity contribution in [2.75, 3.05) is 7.11 Å². The molecule has 0 saturated heterocycles. The lowest BCUT2D eigenvalue weighted by Crippen LogP contribution is -2.24. The highest BCUT2D eigenvalue weighted by molar-refractivity contribution is 7.89. The first-order valence-corrected chi connectivity index (χ1v) is 9.07. The number of nitrogens with one attached hydrogen (secondary N) is 1. The van der Waals surface area contributed by atoms with Gasteiger partial charge in [-0.15, -0.1) is 0 Å². The van der Waals surface area contributed by atoms with E-state index in [0.717, 1.165) is 11.3 Å². The molecule has 0 amide bonds. The second kappa shape index (κ2) is 7.42. The number of para-hydroxylation sites is 1. The van der Waals surface area contributed by atoms with E-state index in [4.69, 9.17) is 4.74 Å². The highest BCUT2D eigenvalue weighted by atomic mass is 32.2. The smallest absolute Gasteiger partial charge is 0.244 e. The molecular formula is C18H17N3O3S. The molecule has 3 rings (SSSR count). The molecule has 128 valence electrons. The molecule has 0 aliphatic heterocycles. The van der Waals surface area contributed by atoms with Crippen molar-refractivity contribution in [3.63, 3.8) is 0 Å². The molecule has 7 heteroatoms. The Labute approximate surface area is 146 Å². The van der Waals surface area contributed by atoms with Gasteiger partial charge in [0.25, 0.3) is 0 Å². The largest absolute Gasteiger partial charge is 0.495 e. The van der Waals surface area contributed by atoms with Gasteiger partial charge < -0.3 is 4.74 Å². The van der Waals surface area contributed by atoms with Crippen LogP contribution in [0, 0.1) is 0 Å². The third-order valence-corrected chi connectivity index (χ3v) is 5.04. The molecule has 0 aliphatic rings. The van der Waals surface area contributed by atoms with Gasteiger partial charge in [0.2, 0.25) is 10.0 Å². The molecule has 1 N–H and O–H groups in total. The average molecular weight is 355 g/mol. The number of ether oxygens (including phenoxy) is 1. The predicted octanol–water partition coefficient (Wildman–Crippen LogP) is 2.63. The van der Waals surface area contributed by atoms with Crippen molar-refractivity contribution in [2.24, 2.45) is 0 Å². The monoisotopic (exact) mass is 355 g/mol. The van der Waals surface area contributed by atoms with Gasteiger partial charge in [-0.3, -0.25) is 0 Å². The van der Waals surface area contributed by atoms with E-state index in [0.29, 0.717) is 11.4 Å². The summed E-state index contributed by atoms with van der Waals surface area (Å²) < 4.78 is 32.7. The van der Waals surface area contributed by atoms with Crippen LogP contribution in [0.2, 0.25) is 0 Å². The zero-order valence-corrected chi connectivity index (χ0v) is 14.4. The molecule has 2 aromatic carbocycles. The van der Waals surface area contributed by atoms with E-state index in [1.165, 1.54) is 19.5 Å². The third-order valence-electron chi connectivity index (χ3n) is 3.60. The van der Waals surface area contributed by atoms with Crippen LogP contribution in [0.1, 0.15) is 5.69 Å². The van der Waals surface area contributed by atoms with E-state index < -0.39 is 10.0 Å². The minimum atomic E-state index is -3.71. The molecular weight excluding hydrogens is 338 g/mol. The topological polar surface area (TPSA) is 81.2 Å². The Morgan fingerprint density at radius 1 is 1.00 bits per heavy atom. The molecule has 0 fully saturated rings. The average Bonchev–Trinajstić information content (AvgIpc) is 2.67. The first kappa shape index (κ1) is 17.1. The Kier molecular flexibility index (Phi) is 5.06. The van der Waals surface area contributed by atoms with E-state index in [9.17, 15) is 8.42 Å². The van der Waals surface area contributed by atoms with Gasteiger partial charge in [0, 0.05) is 5.56 Å². The van der Waals surface area contributed by atoms with Crippen LogP contribution in [0.3, 0.4) is 0 Å². The van der Waals surface area contributed by atoms with E-state index in [1.807, 2.05) is 30.3 Å². The van der Waals surface area contributed by atoms with Crippen molar-refractivity contribution in [1.82, 2.24) is 14.7 Å². The minimum absolute atomic E-state index is 0.0583. The van der Waals surface area contributed by atoms with E-state index in [2.05, 4.69) is 14.7 Å². The van der Waals surface area contributed by atoms with Crippen LogP contribution in [0.5, 0.6) is 5.75 Å². The summed E-state index contributed by atoms with van der Waals surface area (Å²) >= 11 is 0. The predicted molar refractivity (Wildman–Crippen MR) is 94.5 cm³/mol. The summed E-state index contributed by atoms with van der Waals surface area (Å²) in [5.41, 5.74) is 2.26. The van der Waals surface area contributed by atoms with Crippen LogP contribution in [0.15, 0.2) is 71.9 Å². The fourth-order valence-corrected chi connectivity index (χ4v) is 3.52. The zero-order valence-electron chi connectivity index (χ0n) is 13.6. The Bertz CT molecular complexity index is 960. The highest BCUT2D eigenvalue weighted by Gasteiger charge is 2.18. The summed E-state index contributed by atoms with van der Waals surface area (Å²) in [4.78, 5) is 8.46. The highest BCUT2D eigenvalue weighted by Crippen LogP contribution is 2.23. The van der Waals surface area contributed by atoms with E-state index in [-0.39, 0.29) is 11.4 Å². The lowest BCUT2D eigenvalue weighted by molar-refractivity contribution is 0.402. The Morgan fingerprint density at radius 2 is 1.72 bits per heavy atom. The maximum absolute atomic E-state index is 12.5. The number of hydrogen-bond donors (Lipinski definition) is 1. The maximum atomic E-state index is 12.5. The van der Waals surface area contributed by atoms with Crippen LogP contribution in [-0.2, 0) is 16.6 Å². The molecule has 0 unspecified atom stereocenters. The number of rotatable bonds is 6. The van der Waals surface area contributed by atoms with Gasteiger partial charge in [-0.1, -0.05) is 42.5 Å². The van der Waals surface area contributed by atoms with Gasteiger partial charge >= 0.3 is 0 Å². The second-order valence-electron chi connectivity index (χ2n) is 5.24. The number of methoxy groups -OCH3 is 1. The number of hydrogen-bond acceptors (Lipinski definition) is 5. The van der Waals surface area contributed by atoms with Crippen LogP contribution in [0.4, 0.5) is 0 Å². The van der Waals surface area contributed by atoms with Gasteiger partial charge in [0.05, 0.1) is 25.0 Å². The van der Waals surface area contributed by atoms with Crippen LogP contribution >= 0.6 is 0 Å². The van der Waals surface area contributed by atoms with E-state index in [1.54, 1.807) is 24.3 Å². The summed E-state index contributed by atoms with van der Waals surface area (Å²) in [5.74, 6) is 0.294. The first-order valence-electron chi connectivity index (χ1n) is 7.59. The molecule has 1 aromatic heterocycles. The Morgan fingerprint density at radius 3 is 2.48 bits per heavy atom. The molecule has 1 heterocycles. The number of benzene rings is 2. The van der Waals surface area contributed by atoms with Gasteiger partial charge in [-0.2, -0.15) is 0 Å². The normalized spacial score (nSPS) is 11.2. The third kappa shape index (κ3) is 4.01. The van der Waals surface area contributed by atoms with Crippen molar-refractivity contribution >= 4 is 10.0 Å². The number of nitrogens with zero attached hydrogens (tertiary/aromatic N) is 2. The van der Waals surface area contributed by atoms with Gasteiger partial charge in [-0.25, -0.2) is 23.1 Å². The van der Waals surface area contributed by atoms with Crippen molar-refractivity contribution in [1.29, 1.82) is 0 Å². The molecule has 0 aliphatic carbocycles. The van der Waals surface area contributed by atoms with Crippen molar-refractivity contribution in [3.8, 4) is 17.0 Å². The summed E-state index contributed by atoms with van der Waals surface area (Å²) in [6.07, 6.45) is 1.43. The number of aromatic nitrogens is 2.